The van der Waals surface area contributed by atoms with Gasteiger partial charge in [0.15, 0.2) is 5.82 Å². The summed E-state index contributed by atoms with van der Waals surface area (Å²) in [4.78, 5) is 12.4. The van der Waals surface area contributed by atoms with Gasteiger partial charge in [0.2, 0.25) is 10.0 Å². The minimum absolute atomic E-state index is 0.124. The van der Waals surface area contributed by atoms with Gasteiger partial charge in [-0.1, -0.05) is 13.8 Å². The molecule has 8 nitrogen and oxygen atoms in total. The number of aromatic nitrogens is 2. The quantitative estimate of drug-likeness (QED) is 0.765. The molecule has 0 atom stereocenters. The van der Waals surface area contributed by atoms with Gasteiger partial charge in [-0.15, -0.1) is 10.2 Å². The van der Waals surface area contributed by atoms with E-state index in [0.29, 0.717) is 23.1 Å². The van der Waals surface area contributed by atoms with Crippen molar-refractivity contribution in [2.75, 3.05) is 31.3 Å². The molecule has 1 heterocycles. The molecule has 26 heavy (non-hydrogen) atoms. The molecule has 0 fully saturated rings. The highest BCUT2D eigenvalue weighted by molar-refractivity contribution is 7.89. The summed E-state index contributed by atoms with van der Waals surface area (Å²) >= 11 is 0. The van der Waals surface area contributed by atoms with Crippen LogP contribution in [-0.4, -0.2) is 49.5 Å². The molecule has 2 aromatic rings. The topological polar surface area (TPSA) is 104 Å². The fourth-order valence-electron chi connectivity index (χ4n) is 1.98. The minimum Gasteiger partial charge on any atom is -0.368 e. The summed E-state index contributed by atoms with van der Waals surface area (Å²) in [5.41, 5.74) is 0.325. The summed E-state index contributed by atoms with van der Waals surface area (Å²) in [6.45, 7) is 4.96. The average Bonchev–Trinajstić information content (AvgIpc) is 2.61. The SMILES string of the molecule is CC(C)CNc1ccc(NC(=O)c2ccc(S(=O)(=O)N(C)C)cc2)nn1. The standard InChI is InChI=1S/C17H23N5O3S/c1-12(2)11-18-15-9-10-16(21-20-15)19-17(23)13-5-7-14(8-6-13)26(24,25)22(3)4/h5-10,12H,11H2,1-4H3,(H,18,20)(H,19,21,23). The first-order chi connectivity index (χ1) is 12.2. The number of nitrogens with zero attached hydrogens (tertiary/aromatic N) is 3. The van der Waals surface area contributed by atoms with Crippen LogP contribution >= 0.6 is 0 Å². The normalized spacial score (nSPS) is 11.6. The Morgan fingerprint density at radius 1 is 1.04 bits per heavy atom. The monoisotopic (exact) mass is 377 g/mol. The van der Waals surface area contributed by atoms with Crippen LogP contribution < -0.4 is 10.6 Å². The number of benzene rings is 1. The van der Waals surface area contributed by atoms with Gasteiger partial charge in [0, 0.05) is 26.2 Å². The maximum absolute atomic E-state index is 12.3. The molecule has 140 valence electrons. The predicted molar refractivity (Wildman–Crippen MR) is 101 cm³/mol. The Morgan fingerprint density at radius 3 is 2.12 bits per heavy atom. The summed E-state index contributed by atoms with van der Waals surface area (Å²) in [6, 6.07) is 9.09. The lowest BCUT2D eigenvalue weighted by Gasteiger charge is -2.11. The van der Waals surface area contributed by atoms with Crippen LogP contribution in [0.5, 0.6) is 0 Å². The molecular formula is C17H23N5O3S. The van der Waals surface area contributed by atoms with E-state index in [0.717, 1.165) is 10.8 Å². The van der Waals surface area contributed by atoms with Gasteiger partial charge in [-0.3, -0.25) is 4.79 Å². The molecule has 0 radical (unpaired) electrons. The van der Waals surface area contributed by atoms with Gasteiger partial charge in [0.1, 0.15) is 5.82 Å². The van der Waals surface area contributed by atoms with Crippen molar-refractivity contribution in [3.8, 4) is 0 Å². The molecule has 2 rings (SSSR count). The highest BCUT2D eigenvalue weighted by Gasteiger charge is 2.17. The number of amides is 1. The molecule has 0 aliphatic rings. The van der Waals surface area contributed by atoms with Crippen LogP contribution in [-0.2, 0) is 10.0 Å². The van der Waals surface area contributed by atoms with Gasteiger partial charge in [-0.25, -0.2) is 12.7 Å². The van der Waals surface area contributed by atoms with Gasteiger partial charge in [-0.2, -0.15) is 0 Å². The second-order valence-electron chi connectivity index (χ2n) is 6.34. The summed E-state index contributed by atoms with van der Waals surface area (Å²) in [5.74, 6) is 1.04. The highest BCUT2D eigenvalue weighted by Crippen LogP contribution is 2.15. The highest BCUT2D eigenvalue weighted by atomic mass is 32.2. The number of rotatable bonds is 7. The van der Waals surface area contributed by atoms with Crippen molar-refractivity contribution in [2.45, 2.75) is 18.7 Å². The van der Waals surface area contributed by atoms with Crippen LogP contribution in [0.4, 0.5) is 11.6 Å². The van der Waals surface area contributed by atoms with Gasteiger partial charge in [-0.05, 0) is 42.3 Å². The second kappa shape index (κ2) is 8.24. The molecule has 9 heteroatoms. The maximum atomic E-state index is 12.3. The number of hydrogen-bond acceptors (Lipinski definition) is 6. The zero-order valence-electron chi connectivity index (χ0n) is 15.2. The van der Waals surface area contributed by atoms with E-state index in [1.54, 1.807) is 12.1 Å². The molecule has 0 aliphatic carbocycles. The smallest absolute Gasteiger partial charge is 0.256 e. The Morgan fingerprint density at radius 2 is 1.62 bits per heavy atom. The summed E-state index contributed by atoms with van der Waals surface area (Å²) < 4.78 is 25.2. The number of carbonyl (C=O) groups excluding carboxylic acids is 1. The van der Waals surface area contributed by atoms with Crippen LogP contribution in [0.3, 0.4) is 0 Å². The Kier molecular flexibility index (Phi) is 6.27. The lowest BCUT2D eigenvalue weighted by Crippen LogP contribution is -2.22. The van der Waals surface area contributed by atoms with E-state index in [-0.39, 0.29) is 4.90 Å². The maximum Gasteiger partial charge on any atom is 0.256 e. The molecule has 0 spiro atoms. The largest absolute Gasteiger partial charge is 0.368 e. The van der Waals surface area contributed by atoms with E-state index in [9.17, 15) is 13.2 Å². The number of hydrogen-bond donors (Lipinski definition) is 2. The zero-order valence-corrected chi connectivity index (χ0v) is 16.0. The molecule has 0 aliphatic heterocycles. The number of carbonyl (C=O) groups is 1. The Bertz CT molecular complexity index is 847. The summed E-state index contributed by atoms with van der Waals surface area (Å²) in [5, 5.41) is 13.7. The first-order valence-electron chi connectivity index (χ1n) is 8.11. The van der Waals surface area contributed by atoms with Crippen molar-refractivity contribution in [3.05, 3.63) is 42.0 Å². The van der Waals surface area contributed by atoms with Crippen LogP contribution in [0.25, 0.3) is 0 Å². The molecule has 0 saturated carbocycles. The van der Waals surface area contributed by atoms with E-state index in [1.165, 1.54) is 38.4 Å². The third kappa shape index (κ3) is 4.99. The van der Waals surface area contributed by atoms with Crippen LogP contribution in [0.15, 0.2) is 41.3 Å². The van der Waals surface area contributed by atoms with E-state index in [2.05, 4.69) is 34.7 Å². The third-order valence-electron chi connectivity index (χ3n) is 3.49. The van der Waals surface area contributed by atoms with E-state index < -0.39 is 15.9 Å². The van der Waals surface area contributed by atoms with Gasteiger partial charge in [0.05, 0.1) is 4.90 Å². The molecule has 1 aromatic carbocycles. The summed E-state index contributed by atoms with van der Waals surface area (Å²) in [7, 11) is -0.617. The van der Waals surface area contributed by atoms with Crippen molar-refractivity contribution in [1.82, 2.24) is 14.5 Å². The van der Waals surface area contributed by atoms with Crippen LogP contribution in [0.1, 0.15) is 24.2 Å². The molecule has 1 amide bonds. The number of sulfonamides is 1. The predicted octanol–water partition coefficient (Wildman–Crippen LogP) is 2.05. The third-order valence-corrected chi connectivity index (χ3v) is 5.32. The molecule has 0 bridgehead atoms. The fraction of sp³-hybridized carbons (Fsp3) is 0.353. The lowest BCUT2D eigenvalue weighted by atomic mass is 10.2. The van der Waals surface area contributed by atoms with Crippen molar-refractivity contribution in [2.24, 2.45) is 5.92 Å². The van der Waals surface area contributed by atoms with Crippen molar-refractivity contribution < 1.29 is 13.2 Å². The number of anilines is 2. The Labute approximate surface area is 153 Å². The van der Waals surface area contributed by atoms with E-state index in [4.69, 9.17) is 0 Å². The first-order valence-corrected chi connectivity index (χ1v) is 9.55. The molecule has 0 unspecified atom stereocenters. The molecule has 2 N–H and O–H groups in total. The van der Waals surface area contributed by atoms with Crippen molar-refractivity contribution >= 4 is 27.6 Å². The lowest BCUT2D eigenvalue weighted by molar-refractivity contribution is 0.102. The summed E-state index contributed by atoms with van der Waals surface area (Å²) in [6.07, 6.45) is 0. The molecular weight excluding hydrogens is 354 g/mol. The number of nitrogens with one attached hydrogen (secondary N) is 2. The van der Waals surface area contributed by atoms with Gasteiger partial charge >= 0.3 is 0 Å². The van der Waals surface area contributed by atoms with E-state index in [1.807, 2.05) is 0 Å². The molecule has 1 aromatic heterocycles. The Balaban J connectivity index is 2.03. The van der Waals surface area contributed by atoms with E-state index >= 15 is 0 Å². The molecule has 0 saturated heterocycles. The second-order valence-corrected chi connectivity index (χ2v) is 8.50. The van der Waals surface area contributed by atoms with Crippen molar-refractivity contribution in [3.63, 3.8) is 0 Å². The Hall–Kier alpha value is -2.52. The van der Waals surface area contributed by atoms with Gasteiger partial charge < -0.3 is 10.6 Å². The average molecular weight is 377 g/mol. The van der Waals surface area contributed by atoms with Crippen LogP contribution in [0, 0.1) is 5.92 Å². The van der Waals surface area contributed by atoms with Crippen LogP contribution in [0.2, 0.25) is 0 Å². The minimum atomic E-state index is -3.52. The zero-order chi connectivity index (χ0) is 19.3. The van der Waals surface area contributed by atoms with Gasteiger partial charge in [0.25, 0.3) is 5.91 Å². The van der Waals surface area contributed by atoms with Crippen molar-refractivity contribution in [1.29, 1.82) is 0 Å². The first kappa shape index (κ1) is 19.8. The fourth-order valence-corrected chi connectivity index (χ4v) is 2.88.